The highest BCUT2D eigenvalue weighted by atomic mass is 79.9. The Morgan fingerprint density at radius 1 is 1.57 bits per heavy atom. The average molecular weight is 260 g/mol. The molecule has 4 heteroatoms. The Kier molecular flexibility index (Phi) is 3.26. The Bertz CT molecular complexity index is 294. The highest BCUT2D eigenvalue weighted by molar-refractivity contribution is 9.10. The number of nitrogens with two attached hydrogens (primary N) is 1. The summed E-state index contributed by atoms with van der Waals surface area (Å²) in [6.07, 6.45) is 3.90. The van der Waals surface area contributed by atoms with E-state index >= 15 is 0 Å². The van der Waals surface area contributed by atoms with Crippen molar-refractivity contribution in [1.82, 2.24) is 0 Å². The van der Waals surface area contributed by atoms with E-state index in [4.69, 9.17) is 14.9 Å². The molecule has 2 atom stereocenters. The topological polar surface area (TPSA) is 48.4 Å². The largest absolute Gasteiger partial charge is 0.457 e. The first-order chi connectivity index (χ1) is 6.79. The summed E-state index contributed by atoms with van der Waals surface area (Å²) in [6, 6.07) is 1.94. The van der Waals surface area contributed by atoms with Gasteiger partial charge in [0.25, 0.3) is 0 Å². The molecule has 1 aliphatic rings. The quantitative estimate of drug-likeness (QED) is 0.888. The van der Waals surface area contributed by atoms with Crippen molar-refractivity contribution in [2.45, 2.75) is 18.9 Å². The number of hydrogen-bond donors (Lipinski definition) is 1. The van der Waals surface area contributed by atoms with Crippen LogP contribution in [0, 0.1) is 5.92 Å². The minimum Gasteiger partial charge on any atom is -0.457 e. The molecule has 78 valence electrons. The Morgan fingerprint density at radius 2 is 2.43 bits per heavy atom. The molecule has 1 fully saturated rings. The molecule has 0 amide bonds. The molecule has 0 saturated carbocycles. The fourth-order valence-corrected chi connectivity index (χ4v) is 2.35. The van der Waals surface area contributed by atoms with Gasteiger partial charge in [0.2, 0.25) is 0 Å². The number of rotatable bonds is 2. The van der Waals surface area contributed by atoms with Crippen LogP contribution < -0.4 is 5.73 Å². The van der Waals surface area contributed by atoms with Crippen molar-refractivity contribution in [2.24, 2.45) is 11.7 Å². The zero-order valence-corrected chi connectivity index (χ0v) is 9.50. The van der Waals surface area contributed by atoms with E-state index in [9.17, 15) is 0 Å². The lowest BCUT2D eigenvalue weighted by atomic mass is 9.91. The number of furan rings is 1. The van der Waals surface area contributed by atoms with E-state index in [0.29, 0.717) is 5.92 Å². The Morgan fingerprint density at radius 3 is 3.00 bits per heavy atom. The summed E-state index contributed by atoms with van der Waals surface area (Å²) in [5.74, 6) is 0.414. The fourth-order valence-electron chi connectivity index (χ4n) is 1.85. The summed E-state index contributed by atoms with van der Waals surface area (Å²) in [7, 11) is 0. The van der Waals surface area contributed by atoms with E-state index in [2.05, 4.69) is 15.9 Å². The highest BCUT2D eigenvalue weighted by Gasteiger charge is 2.24. The molecule has 0 aliphatic carbocycles. The van der Waals surface area contributed by atoms with Gasteiger partial charge in [-0.3, -0.25) is 0 Å². The van der Waals surface area contributed by atoms with Crippen LogP contribution in [-0.2, 0) is 4.74 Å². The molecule has 0 bridgehead atoms. The van der Waals surface area contributed by atoms with Crippen molar-refractivity contribution in [3.8, 4) is 0 Å². The van der Waals surface area contributed by atoms with Gasteiger partial charge in [-0.2, -0.15) is 0 Å². The zero-order chi connectivity index (χ0) is 9.97. The van der Waals surface area contributed by atoms with Gasteiger partial charge >= 0.3 is 0 Å². The van der Waals surface area contributed by atoms with Gasteiger partial charge < -0.3 is 14.9 Å². The Labute approximate surface area is 91.7 Å². The molecule has 0 spiro atoms. The minimum absolute atomic E-state index is 0.0171. The van der Waals surface area contributed by atoms with Crippen molar-refractivity contribution in [3.05, 3.63) is 22.6 Å². The Hall–Kier alpha value is -0.320. The smallest absolute Gasteiger partial charge is 0.173 e. The van der Waals surface area contributed by atoms with Crippen LogP contribution in [0.3, 0.4) is 0 Å². The first-order valence-corrected chi connectivity index (χ1v) is 5.64. The fraction of sp³-hybridized carbons (Fsp3) is 0.600. The van der Waals surface area contributed by atoms with E-state index in [-0.39, 0.29) is 6.04 Å². The Balaban J connectivity index is 2.07. The number of hydrogen-bond acceptors (Lipinski definition) is 3. The van der Waals surface area contributed by atoms with Crippen LogP contribution in [0.5, 0.6) is 0 Å². The van der Waals surface area contributed by atoms with Crippen molar-refractivity contribution < 1.29 is 9.15 Å². The lowest BCUT2D eigenvalue weighted by molar-refractivity contribution is 0.0446. The lowest BCUT2D eigenvalue weighted by Gasteiger charge is -2.27. The summed E-state index contributed by atoms with van der Waals surface area (Å²) in [4.78, 5) is 0. The summed E-state index contributed by atoms with van der Waals surface area (Å²) in [5, 5.41) is 0. The molecule has 2 unspecified atom stereocenters. The minimum atomic E-state index is 0.0171. The van der Waals surface area contributed by atoms with Gasteiger partial charge in [-0.1, -0.05) is 0 Å². The lowest BCUT2D eigenvalue weighted by Crippen LogP contribution is -2.28. The van der Waals surface area contributed by atoms with Crippen LogP contribution in [-0.4, -0.2) is 13.2 Å². The molecular weight excluding hydrogens is 246 g/mol. The molecule has 0 aromatic carbocycles. The molecule has 2 N–H and O–H groups in total. The molecule has 1 saturated heterocycles. The molecule has 2 heterocycles. The summed E-state index contributed by atoms with van der Waals surface area (Å²) >= 11 is 3.35. The van der Waals surface area contributed by atoms with Crippen LogP contribution in [0.25, 0.3) is 0 Å². The molecule has 14 heavy (non-hydrogen) atoms. The highest BCUT2D eigenvalue weighted by Crippen LogP contribution is 2.31. The number of halogens is 1. The maximum atomic E-state index is 6.14. The van der Waals surface area contributed by atoms with Crippen molar-refractivity contribution in [2.75, 3.05) is 13.2 Å². The van der Waals surface area contributed by atoms with Crippen LogP contribution in [0.15, 0.2) is 21.4 Å². The van der Waals surface area contributed by atoms with Gasteiger partial charge in [-0.25, -0.2) is 0 Å². The third-order valence-electron chi connectivity index (χ3n) is 2.71. The van der Waals surface area contributed by atoms with Gasteiger partial charge in [0.05, 0.1) is 12.9 Å². The normalized spacial score (nSPS) is 24.9. The SMILES string of the molecule is NC(c1ccoc1Br)C1CCCOC1. The summed E-state index contributed by atoms with van der Waals surface area (Å²) in [6.45, 7) is 1.63. The van der Waals surface area contributed by atoms with E-state index in [1.54, 1.807) is 6.26 Å². The maximum absolute atomic E-state index is 6.14. The van der Waals surface area contributed by atoms with Crippen LogP contribution in [0.1, 0.15) is 24.4 Å². The molecule has 1 aromatic rings. The second-order valence-electron chi connectivity index (χ2n) is 3.65. The van der Waals surface area contributed by atoms with Gasteiger partial charge in [-0.15, -0.1) is 0 Å². The van der Waals surface area contributed by atoms with Crippen molar-refractivity contribution in [1.29, 1.82) is 0 Å². The number of ether oxygens (including phenoxy) is 1. The van der Waals surface area contributed by atoms with Gasteiger partial charge in [0.1, 0.15) is 0 Å². The van der Waals surface area contributed by atoms with Crippen molar-refractivity contribution in [3.63, 3.8) is 0 Å². The third-order valence-corrected chi connectivity index (χ3v) is 3.35. The van der Waals surface area contributed by atoms with Gasteiger partial charge in [0, 0.05) is 24.1 Å². The maximum Gasteiger partial charge on any atom is 0.173 e. The summed E-state index contributed by atoms with van der Waals surface area (Å²) in [5.41, 5.74) is 7.19. The van der Waals surface area contributed by atoms with E-state index in [0.717, 1.165) is 36.3 Å². The molecule has 3 nitrogen and oxygen atoms in total. The second kappa shape index (κ2) is 4.47. The van der Waals surface area contributed by atoms with Crippen LogP contribution >= 0.6 is 15.9 Å². The van der Waals surface area contributed by atoms with Gasteiger partial charge in [0.15, 0.2) is 4.67 Å². The van der Waals surface area contributed by atoms with Crippen LogP contribution in [0.4, 0.5) is 0 Å². The molecule has 2 rings (SSSR count). The first kappa shape index (κ1) is 10.2. The second-order valence-corrected chi connectivity index (χ2v) is 4.37. The van der Waals surface area contributed by atoms with Gasteiger partial charge in [-0.05, 0) is 34.8 Å². The van der Waals surface area contributed by atoms with Crippen LogP contribution in [0.2, 0.25) is 0 Å². The molecular formula is C10H14BrNO2. The average Bonchev–Trinajstić information content (AvgIpc) is 2.65. The summed E-state index contributed by atoms with van der Waals surface area (Å²) < 4.78 is 11.3. The first-order valence-electron chi connectivity index (χ1n) is 4.85. The van der Waals surface area contributed by atoms with E-state index < -0.39 is 0 Å². The van der Waals surface area contributed by atoms with E-state index in [1.807, 2.05) is 6.07 Å². The van der Waals surface area contributed by atoms with Crippen molar-refractivity contribution >= 4 is 15.9 Å². The predicted octanol–water partition coefficient (Wildman–Crippen LogP) is 2.47. The molecule has 1 aliphatic heterocycles. The zero-order valence-electron chi connectivity index (χ0n) is 7.91. The van der Waals surface area contributed by atoms with E-state index in [1.165, 1.54) is 0 Å². The standard InChI is InChI=1S/C10H14BrNO2/c11-10-8(3-5-14-10)9(12)7-2-1-4-13-6-7/h3,5,7,9H,1-2,4,6,12H2. The third kappa shape index (κ3) is 2.02. The molecule has 1 aromatic heterocycles. The molecule has 0 radical (unpaired) electrons. The predicted molar refractivity (Wildman–Crippen MR) is 56.9 cm³/mol. The monoisotopic (exact) mass is 259 g/mol.